The van der Waals surface area contributed by atoms with Crippen molar-refractivity contribution in [3.05, 3.63) is 30.1 Å². The summed E-state index contributed by atoms with van der Waals surface area (Å²) in [6.45, 7) is 1.24. The van der Waals surface area contributed by atoms with Crippen LogP contribution in [0.3, 0.4) is 0 Å². The van der Waals surface area contributed by atoms with Gasteiger partial charge < -0.3 is 5.32 Å². The van der Waals surface area contributed by atoms with E-state index in [4.69, 9.17) is 0 Å². The van der Waals surface area contributed by atoms with Gasteiger partial charge in [0.15, 0.2) is 5.17 Å². The van der Waals surface area contributed by atoms with E-state index in [0.717, 1.165) is 0 Å². The summed E-state index contributed by atoms with van der Waals surface area (Å²) in [6.07, 6.45) is 0.0650. The predicted octanol–water partition coefficient (Wildman–Crippen LogP) is 1.47. The molecule has 1 unspecified atom stereocenters. The number of benzene rings is 1. The molecule has 1 fully saturated rings. The third kappa shape index (κ3) is 2.53. The molecule has 0 spiro atoms. The maximum atomic E-state index is 13.0. The number of carbonyl (C=O) groups is 2. The van der Waals surface area contributed by atoms with E-state index in [1.165, 1.54) is 30.0 Å². The molecule has 1 N–H and O–H groups in total. The molecule has 1 aromatic carbocycles. The lowest BCUT2D eigenvalue weighted by Gasteiger charge is -2.10. The molecule has 1 aromatic rings. The van der Waals surface area contributed by atoms with E-state index in [0.29, 0.717) is 23.9 Å². The largest absolute Gasteiger partial charge is 0.326 e. The van der Waals surface area contributed by atoms with Crippen LogP contribution in [0.4, 0.5) is 10.1 Å². The Hall–Kier alpha value is -1.89. The molecule has 7 heteroatoms. The highest BCUT2D eigenvalue weighted by Crippen LogP contribution is 2.31. The zero-order chi connectivity index (χ0) is 14.1. The van der Waals surface area contributed by atoms with E-state index in [-0.39, 0.29) is 18.2 Å². The van der Waals surface area contributed by atoms with Crippen LogP contribution < -0.4 is 5.32 Å². The highest BCUT2D eigenvalue weighted by Gasteiger charge is 2.40. The SMILES string of the molecule is O=C(CC1SC2=NCCN2C1=O)Nc1cccc(F)c1. The number of hydrogen-bond acceptors (Lipinski definition) is 4. The number of carbonyl (C=O) groups excluding carboxylic acids is 2. The molecule has 0 aliphatic carbocycles. The number of rotatable bonds is 3. The first-order valence-electron chi connectivity index (χ1n) is 6.21. The third-order valence-corrected chi connectivity index (χ3v) is 4.28. The zero-order valence-electron chi connectivity index (χ0n) is 10.5. The van der Waals surface area contributed by atoms with E-state index in [2.05, 4.69) is 10.3 Å². The molecular weight excluding hydrogens is 281 g/mol. The van der Waals surface area contributed by atoms with Gasteiger partial charge in [-0.05, 0) is 18.2 Å². The van der Waals surface area contributed by atoms with Gasteiger partial charge >= 0.3 is 0 Å². The molecular formula is C13H12FN3O2S. The van der Waals surface area contributed by atoms with Crippen LogP contribution in [0.5, 0.6) is 0 Å². The van der Waals surface area contributed by atoms with Gasteiger partial charge in [-0.2, -0.15) is 0 Å². The second kappa shape index (κ2) is 5.24. The molecule has 2 aliphatic rings. The van der Waals surface area contributed by atoms with Crippen molar-refractivity contribution in [1.29, 1.82) is 0 Å². The standard InChI is InChI=1S/C13H12FN3O2S/c14-8-2-1-3-9(6-8)16-11(18)7-10-12(19)17-5-4-15-13(17)20-10/h1-3,6,10H,4-5,7H2,(H,16,18). The van der Waals surface area contributed by atoms with E-state index in [1.54, 1.807) is 11.0 Å². The highest BCUT2D eigenvalue weighted by atomic mass is 32.2. The summed E-state index contributed by atoms with van der Waals surface area (Å²) in [5.74, 6) is -0.784. The van der Waals surface area contributed by atoms with Gasteiger partial charge in [0.05, 0.1) is 6.54 Å². The van der Waals surface area contributed by atoms with Gasteiger partial charge in [-0.25, -0.2) is 4.39 Å². The molecule has 104 valence electrons. The van der Waals surface area contributed by atoms with Gasteiger partial charge in [0.2, 0.25) is 11.8 Å². The van der Waals surface area contributed by atoms with E-state index in [9.17, 15) is 14.0 Å². The number of nitrogens with zero attached hydrogens (tertiary/aromatic N) is 2. The van der Waals surface area contributed by atoms with Gasteiger partial charge in [0, 0.05) is 18.7 Å². The minimum atomic E-state index is -0.428. The molecule has 0 aromatic heterocycles. The summed E-state index contributed by atoms with van der Waals surface area (Å²) in [4.78, 5) is 29.7. The fourth-order valence-electron chi connectivity index (χ4n) is 2.16. The van der Waals surface area contributed by atoms with E-state index >= 15 is 0 Å². The summed E-state index contributed by atoms with van der Waals surface area (Å²) < 4.78 is 13.0. The van der Waals surface area contributed by atoms with Gasteiger partial charge in [0.25, 0.3) is 0 Å². The van der Waals surface area contributed by atoms with Crippen molar-refractivity contribution in [3.8, 4) is 0 Å². The first-order chi connectivity index (χ1) is 9.63. The molecule has 0 saturated carbocycles. The topological polar surface area (TPSA) is 61.8 Å². The first-order valence-corrected chi connectivity index (χ1v) is 7.09. The minimum absolute atomic E-state index is 0.0650. The molecule has 2 amide bonds. The van der Waals surface area contributed by atoms with Crippen LogP contribution in [0.25, 0.3) is 0 Å². The summed E-state index contributed by atoms with van der Waals surface area (Å²) in [6, 6.07) is 5.67. The van der Waals surface area contributed by atoms with Crippen molar-refractivity contribution < 1.29 is 14.0 Å². The zero-order valence-corrected chi connectivity index (χ0v) is 11.3. The van der Waals surface area contributed by atoms with Crippen LogP contribution in [0.1, 0.15) is 6.42 Å². The van der Waals surface area contributed by atoms with Crippen LogP contribution in [-0.4, -0.2) is 40.2 Å². The number of fused-ring (bicyclic) bond motifs is 1. The number of nitrogens with one attached hydrogen (secondary N) is 1. The van der Waals surface area contributed by atoms with Crippen LogP contribution >= 0.6 is 11.8 Å². The summed E-state index contributed by atoms with van der Waals surface area (Å²) in [5, 5.41) is 2.87. The van der Waals surface area contributed by atoms with E-state index in [1.807, 2.05) is 0 Å². The average Bonchev–Trinajstić information content (AvgIpc) is 2.94. The average molecular weight is 293 g/mol. The summed E-state index contributed by atoms with van der Waals surface area (Å²) in [5.41, 5.74) is 0.392. The summed E-state index contributed by atoms with van der Waals surface area (Å²) in [7, 11) is 0. The molecule has 2 heterocycles. The van der Waals surface area contributed by atoms with Crippen molar-refractivity contribution in [1.82, 2.24) is 4.90 Å². The van der Waals surface area contributed by atoms with Crippen molar-refractivity contribution in [2.24, 2.45) is 4.99 Å². The molecule has 0 bridgehead atoms. The van der Waals surface area contributed by atoms with Crippen molar-refractivity contribution in [2.45, 2.75) is 11.7 Å². The highest BCUT2D eigenvalue weighted by molar-refractivity contribution is 8.15. The smallest absolute Gasteiger partial charge is 0.242 e. The van der Waals surface area contributed by atoms with Crippen LogP contribution in [0.15, 0.2) is 29.3 Å². The Bertz CT molecular complexity index is 605. The Kier molecular flexibility index (Phi) is 3.43. The molecule has 1 saturated heterocycles. The van der Waals surface area contributed by atoms with Crippen molar-refractivity contribution in [2.75, 3.05) is 18.4 Å². The van der Waals surface area contributed by atoms with Crippen LogP contribution in [0, 0.1) is 5.82 Å². The Balaban J connectivity index is 1.61. The first kappa shape index (κ1) is 13.1. The number of thioether (sulfide) groups is 1. The molecule has 20 heavy (non-hydrogen) atoms. The van der Waals surface area contributed by atoms with E-state index < -0.39 is 11.1 Å². The van der Waals surface area contributed by atoms with Crippen LogP contribution in [-0.2, 0) is 9.59 Å². The number of aliphatic imine (C=N–C) groups is 1. The molecule has 2 aliphatic heterocycles. The maximum absolute atomic E-state index is 13.0. The second-order valence-electron chi connectivity index (χ2n) is 4.52. The molecule has 5 nitrogen and oxygen atoms in total. The Morgan fingerprint density at radius 2 is 2.40 bits per heavy atom. The molecule has 3 rings (SSSR count). The van der Waals surface area contributed by atoms with Crippen molar-refractivity contribution >= 4 is 34.4 Å². The number of anilines is 1. The number of hydrogen-bond donors (Lipinski definition) is 1. The fourth-order valence-corrected chi connectivity index (χ4v) is 3.35. The fraction of sp³-hybridized carbons (Fsp3) is 0.308. The lowest BCUT2D eigenvalue weighted by atomic mass is 10.2. The number of amides is 2. The van der Waals surface area contributed by atoms with Gasteiger partial charge in [0.1, 0.15) is 11.1 Å². The lowest BCUT2D eigenvalue weighted by molar-refractivity contribution is -0.127. The van der Waals surface area contributed by atoms with Crippen LogP contribution in [0.2, 0.25) is 0 Å². The van der Waals surface area contributed by atoms with Gasteiger partial charge in [-0.1, -0.05) is 17.8 Å². The molecule has 1 atom stereocenters. The number of halogens is 1. The monoisotopic (exact) mass is 293 g/mol. The predicted molar refractivity (Wildman–Crippen MR) is 75.0 cm³/mol. The maximum Gasteiger partial charge on any atom is 0.242 e. The third-order valence-electron chi connectivity index (χ3n) is 3.07. The Morgan fingerprint density at radius 1 is 1.55 bits per heavy atom. The minimum Gasteiger partial charge on any atom is -0.326 e. The van der Waals surface area contributed by atoms with Gasteiger partial charge in [-0.3, -0.25) is 19.5 Å². The second-order valence-corrected chi connectivity index (χ2v) is 5.69. The normalized spacial score (nSPS) is 20.9. The molecule has 0 radical (unpaired) electrons. The van der Waals surface area contributed by atoms with Gasteiger partial charge in [-0.15, -0.1) is 0 Å². The summed E-state index contributed by atoms with van der Waals surface area (Å²) >= 11 is 1.32. The number of amidine groups is 1. The lowest BCUT2D eigenvalue weighted by Crippen LogP contribution is -2.32. The Labute approximate surface area is 119 Å². The quantitative estimate of drug-likeness (QED) is 0.918. The van der Waals surface area contributed by atoms with Crippen molar-refractivity contribution in [3.63, 3.8) is 0 Å². The Morgan fingerprint density at radius 3 is 3.15 bits per heavy atom.